The summed E-state index contributed by atoms with van der Waals surface area (Å²) >= 11 is 0. The highest BCUT2D eigenvalue weighted by atomic mass is 19.4. The zero-order chi connectivity index (χ0) is 23.4. The molecule has 2 aromatic heterocycles. The van der Waals surface area contributed by atoms with Crippen LogP contribution in [0, 0.1) is 5.41 Å². The van der Waals surface area contributed by atoms with Gasteiger partial charge in [-0.15, -0.1) is 0 Å². The van der Waals surface area contributed by atoms with Gasteiger partial charge in [0.25, 0.3) is 0 Å². The van der Waals surface area contributed by atoms with E-state index >= 15 is 0 Å². The van der Waals surface area contributed by atoms with Crippen LogP contribution in [-0.4, -0.2) is 69.5 Å². The molecule has 172 valence electrons. The van der Waals surface area contributed by atoms with Gasteiger partial charge in [-0.2, -0.15) is 18.3 Å². The molecule has 4 heterocycles. The van der Waals surface area contributed by atoms with E-state index in [0.29, 0.717) is 11.1 Å². The maximum atomic E-state index is 12.9. The van der Waals surface area contributed by atoms with Gasteiger partial charge < -0.3 is 9.80 Å². The number of benzene rings is 1. The van der Waals surface area contributed by atoms with E-state index in [-0.39, 0.29) is 30.0 Å². The first kappa shape index (κ1) is 21.6. The molecule has 2 saturated heterocycles. The number of ketones is 1. The minimum atomic E-state index is -4.61. The summed E-state index contributed by atoms with van der Waals surface area (Å²) in [5.41, 5.74) is 0.270. The zero-order valence-corrected chi connectivity index (χ0v) is 18.0. The fourth-order valence-electron chi connectivity index (χ4n) is 4.82. The first-order valence-corrected chi connectivity index (χ1v) is 10.6. The van der Waals surface area contributed by atoms with Crippen LogP contribution in [0.25, 0.3) is 10.9 Å². The maximum absolute atomic E-state index is 12.9. The molecule has 7 nitrogen and oxygen atoms in total. The Hall–Kier alpha value is -3.27. The molecule has 2 fully saturated rings. The van der Waals surface area contributed by atoms with Crippen LogP contribution in [0.5, 0.6) is 0 Å². The molecule has 10 heteroatoms. The lowest BCUT2D eigenvalue weighted by Crippen LogP contribution is -2.72. The third kappa shape index (κ3) is 4.22. The second-order valence-electron chi connectivity index (χ2n) is 9.15. The number of Topliss-reactive ketones (excluding diaryl/α,β-unsaturated/α-hetero) is 1. The fraction of sp³-hybridized carbons (Fsp3) is 0.391. The molecule has 1 spiro atoms. The summed E-state index contributed by atoms with van der Waals surface area (Å²) in [7, 11) is 2.07. The van der Waals surface area contributed by atoms with Gasteiger partial charge in [0, 0.05) is 49.6 Å². The average Bonchev–Trinajstić information content (AvgIpc) is 3.10. The molecule has 0 radical (unpaired) electrons. The predicted molar refractivity (Wildman–Crippen MR) is 114 cm³/mol. The largest absolute Gasteiger partial charge is 0.433 e. The van der Waals surface area contributed by atoms with Crippen molar-refractivity contribution >= 4 is 22.6 Å². The molecule has 2 aliphatic heterocycles. The minimum Gasteiger partial charge on any atom is -0.340 e. The topological polar surface area (TPSA) is 71.3 Å². The van der Waals surface area contributed by atoms with Gasteiger partial charge in [-0.3, -0.25) is 14.3 Å². The van der Waals surface area contributed by atoms with Crippen LogP contribution in [0.4, 0.5) is 13.2 Å². The van der Waals surface area contributed by atoms with Crippen molar-refractivity contribution in [3.63, 3.8) is 0 Å². The Morgan fingerprint density at radius 3 is 2.55 bits per heavy atom. The van der Waals surface area contributed by atoms with E-state index in [2.05, 4.69) is 22.0 Å². The number of nitrogens with zero attached hydrogens (tertiary/aromatic N) is 5. The second kappa shape index (κ2) is 7.65. The number of hydrogen-bond acceptors (Lipinski definition) is 5. The predicted octanol–water partition coefficient (Wildman–Crippen LogP) is 2.65. The summed E-state index contributed by atoms with van der Waals surface area (Å²) < 4.78 is 40.2. The lowest BCUT2D eigenvalue weighted by atomic mass is 9.73. The van der Waals surface area contributed by atoms with Crippen molar-refractivity contribution in [3.05, 3.63) is 59.5 Å². The van der Waals surface area contributed by atoms with Gasteiger partial charge in [0.15, 0.2) is 5.78 Å². The van der Waals surface area contributed by atoms with Crippen LogP contribution in [-0.2, 0) is 23.9 Å². The van der Waals surface area contributed by atoms with Gasteiger partial charge >= 0.3 is 6.18 Å². The van der Waals surface area contributed by atoms with E-state index in [9.17, 15) is 22.8 Å². The van der Waals surface area contributed by atoms with Crippen molar-refractivity contribution < 1.29 is 22.8 Å². The van der Waals surface area contributed by atoms with Gasteiger partial charge in [0.05, 0.1) is 5.52 Å². The van der Waals surface area contributed by atoms with Crippen LogP contribution in [0.15, 0.2) is 42.6 Å². The summed E-state index contributed by atoms with van der Waals surface area (Å²) in [6.07, 6.45) is -2.94. The molecule has 1 aromatic carbocycles. The van der Waals surface area contributed by atoms with Gasteiger partial charge in [-0.1, -0.05) is 12.1 Å². The van der Waals surface area contributed by atoms with Crippen LogP contribution in [0.3, 0.4) is 0 Å². The van der Waals surface area contributed by atoms with Crippen LogP contribution < -0.4 is 0 Å². The van der Waals surface area contributed by atoms with E-state index in [1.165, 1.54) is 12.1 Å². The zero-order valence-electron chi connectivity index (χ0n) is 18.0. The van der Waals surface area contributed by atoms with Crippen LogP contribution >= 0.6 is 0 Å². The molecule has 1 amide bonds. The molecule has 0 N–H and O–H groups in total. The van der Waals surface area contributed by atoms with E-state index < -0.39 is 17.7 Å². The SMILES string of the molecule is CN1CC2(C1)CN(C(=O)Cn1cc3cc(CC(=O)c4cccc(C(F)(F)F)n4)ccc3n1)C2. The van der Waals surface area contributed by atoms with E-state index in [1.54, 1.807) is 29.1 Å². The number of likely N-dealkylation sites (tertiary alicyclic amines) is 2. The average molecular weight is 457 g/mol. The summed E-state index contributed by atoms with van der Waals surface area (Å²) in [5.74, 6) is -0.481. The molecule has 2 aliphatic rings. The number of rotatable bonds is 5. The molecule has 0 unspecified atom stereocenters. The number of carbonyl (C=O) groups is 2. The normalized spacial score (nSPS) is 17.8. The summed E-state index contributed by atoms with van der Waals surface area (Å²) in [6.45, 7) is 3.77. The van der Waals surface area contributed by atoms with E-state index in [0.717, 1.165) is 37.6 Å². The Labute approximate surface area is 187 Å². The number of hydrogen-bond donors (Lipinski definition) is 0. The highest BCUT2D eigenvalue weighted by Gasteiger charge is 2.51. The van der Waals surface area contributed by atoms with Crippen molar-refractivity contribution in [1.29, 1.82) is 0 Å². The quantitative estimate of drug-likeness (QED) is 0.551. The number of carbonyl (C=O) groups excluding carboxylic acids is 2. The van der Waals surface area contributed by atoms with Crippen molar-refractivity contribution in [2.45, 2.75) is 19.1 Å². The molecular formula is C23H22F3N5O2. The fourth-order valence-corrected chi connectivity index (χ4v) is 4.82. The summed E-state index contributed by atoms with van der Waals surface area (Å²) in [4.78, 5) is 32.6. The Morgan fingerprint density at radius 1 is 1.09 bits per heavy atom. The number of aromatic nitrogens is 3. The molecule has 0 saturated carbocycles. The molecule has 0 bridgehead atoms. The van der Waals surface area contributed by atoms with Gasteiger partial charge in [-0.05, 0) is 36.9 Å². The second-order valence-corrected chi connectivity index (χ2v) is 9.15. The number of alkyl halides is 3. The van der Waals surface area contributed by atoms with Crippen LogP contribution in [0.1, 0.15) is 21.7 Å². The van der Waals surface area contributed by atoms with Crippen LogP contribution in [0.2, 0.25) is 0 Å². The Morgan fingerprint density at radius 2 is 1.85 bits per heavy atom. The minimum absolute atomic E-state index is 0.0222. The third-order valence-electron chi connectivity index (χ3n) is 6.22. The first-order chi connectivity index (χ1) is 15.6. The molecular weight excluding hydrogens is 435 g/mol. The standard InChI is InChI=1S/C23H22F3N5O2/c1-29-11-22(12-29)13-30(14-22)21(33)10-31-9-16-7-15(5-6-17(16)28-31)8-19(32)18-3-2-4-20(27-18)23(24,25)26/h2-7,9H,8,10-14H2,1H3. The van der Waals surface area contributed by atoms with E-state index in [1.807, 2.05) is 4.90 Å². The highest BCUT2D eigenvalue weighted by molar-refractivity contribution is 5.96. The van der Waals surface area contributed by atoms with Crippen molar-refractivity contribution in [3.8, 4) is 0 Å². The van der Waals surface area contributed by atoms with Gasteiger partial charge in [0.2, 0.25) is 5.91 Å². The third-order valence-corrected chi connectivity index (χ3v) is 6.22. The Bertz CT molecular complexity index is 1240. The van der Waals surface area contributed by atoms with Crippen molar-refractivity contribution in [2.75, 3.05) is 33.2 Å². The maximum Gasteiger partial charge on any atom is 0.433 e. The lowest BCUT2D eigenvalue weighted by molar-refractivity contribution is -0.157. The monoisotopic (exact) mass is 457 g/mol. The Balaban J connectivity index is 1.24. The van der Waals surface area contributed by atoms with Crippen molar-refractivity contribution in [1.82, 2.24) is 24.6 Å². The smallest absolute Gasteiger partial charge is 0.340 e. The highest BCUT2D eigenvalue weighted by Crippen LogP contribution is 2.38. The van der Waals surface area contributed by atoms with Crippen molar-refractivity contribution in [2.24, 2.45) is 5.41 Å². The molecule has 3 aromatic rings. The Kier molecular flexibility index (Phi) is 5.00. The summed E-state index contributed by atoms with van der Waals surface area (Å²) in [5, 5.41) is 5.19. The number of pyridine rings is 1. The molecule has 0 atom stereocenters. The number of halogens is 3. The van der Waals surface area contributed by atoms with E-state index in [4.69, 9.17) is 0 Å². The first-order valence-electron chi connectivity index (χ1n) is 10.6. The number of fused-ring (bicyclic) bond motifs is 1. The molecule has 5 rings (SSSR count). The molecule has 0 aliphatic carbocycles. The van der Waals surface area contributed by atoms with Gasteiger partial charge in [0.1, 0.15) is 17.9 Å². The molecule has 33 heavy (non-hydrogen) atoms. The summed E-state index contributed by atoms with van der Waals surface area (Å²) in [6, 6.07) is 8.50. The number of amides is 1. The lowest BCUT2D eigenvalue weighted by Gasteiger charge is -2.59. The van der Waals surface area contributed by atoms with Gasteiger partial charge in [-0.25, -0.2) is 4.98 Å².